The van der Waals surface area contributed by atoms with Gasteiger partial charge in [-0.3, -0.25) is 0 Å². The summed E-state index contributed by atoms with van der Waals surface area (Å²) < 4.78 is 20.1. The molecule has 0 aliphatic rings. The molecule has 4 heteroatoms. The van der Waals surface area contributed by atoms with Crippen LogP contribution in [-0.4, -0.2) is 13.7 Å². The van der Waals surface area contributed by atoms with E-state index in [2.05, 4.69) is 4.98 Å². The van der Waals surface area contributed by atoms with E-state index < -0.39 is 11.1 Å². The normalized spacial score (nSPS) is 12.6. The molecule has 1 aromatic heterocycles. The Morgan fingerprint density at radius 1 is 1.25 bits per heavy atom. The Morgan fingerprint density at radius 2 is 2.00 bits per heavy atom. The third-order valence-corrected chi connectivity index (χ3v) is 3.38. The van der Waals surface area contributed by atoms with Gasteiger partial charge in [-0.15, -0.1) is 0 Å². The molecule has 0 saturated carbocycles. The van der Waals surface area contributed by atoms with Crippen molar-refractivity contribution in [3.63, 3.8) is 0 Å². The molecule has 0 saturated heterocycles. The van der Waals surface area contributed by atoms with Gasteiger partial charge in [0, 0.05) is 18.8 Å². The number of rotatable bonds is 3. The summed E-state index contributed by atoms with van der Waals surface area (Å²) in [6.07, 6.45) is 4.03. The SMILES string of the molecule is Cc1ccccc1Cc1c[nH]cc1S(=O)O. The van der Waals surface area contributed by atoms with Crippen molar-refractivity contribution in [3.05, 3.63) is 53.3 Å². The number of benzene rings is 1. The molecule has 0 bridgehead atoms. The fourth-order valence-corrected chi connectivity index (χ4v) is 2.22. The van der Waals surface area contributed by atoms with Crippen molar-refractivity contribution in [2.75, 3.05) is 0 Å². The molecule has 3 nitrogen and oxygen atoms in total. The minimum Gasteiger partial charge on any atom is -0.366 e. The third-order valence-electron chi connectivity index (χ3n) is 2.62. The Hall–Kier alpha value is -1.39. The van der Waals surface area contributed by atoms with Crippen LogP contribution < -0.4 is 0 Å². The van der Waals surface area contributed by atoms with Gasteiger partial charge in [-0.1, -0.05) is 24.3 Å². The maximum absolute atomic E-state index is 11.0. The van der Waals surface area contributed by atoms with E-state index in [4.69, 9.17) is 4.55 Å². The summed E-state index contributed by atoms with van der Waals surface area (Å²) in [5, 5.41) is 0. The van der Waals surface area contributed by atoms with Crippen LogP contribution in [0.1, 0.15) is 16.7 Å². The molecular weight excluding hydrogens is 222 g/mol. The highest BCUT2D eigenvalue weighted by Gasteiger charge is 2.10. The van der Waals surface area contributed by atoms with Crippen molar-refractivity contribution in [2.24, 2.45) is 0 Å². The Kier molecular flexibility index (Phi) is 3.22. The van der Waals surface area contributed by atoms with Gasteiger partial charge < -0.3 is 9.54 Å². The topological polar surface area (TPSA) is 53.1 Å². The van der Waals surface area contributed by atoms with E-state index in [0.29, 0.717) is 11.3 Å². The molecule has 2 rings (SSSR count). The average molecular weight is 235 g/mol. The Balaban J connectivity index is 2.31. The highest BCUT2D eigenvalue weighted by molar-refractivity contribution is 7.79. The fourth-order valence-electron chi connectivity index (χ4n) is 1.70. The van der Waals surface area contributed by atoms with E-state index in [-0.39, 0.29) is 0 Å². The summed E-state index contributed by atoms with van der Waals surface area (Å²) in [5.41, 5.74) is 3.24. The van der Waals surface area contributed by atoms with E-state index in [0.717, 1.165) is 5.56 Å². The highest BCUT2D eigenvalue weighted by Crippen LogP contribution is 2.18. The standard InChI is InChI=1S/C12H13NO2S/c1-9-4-2-3-5-10(9)6-11-7-13-8-12(11)16(14)15/h2-5,7-8,13H,6H2,1H3,(H,14,15). The molecule has 0 spiro atoms. The first-order valence-electron chi connectivity index (χ1n) is 4.99. The predicted octanol–water partition coefficient (Wildman–Crippen LogP) is 2.49. The summed E-state index contributed by atoms with van der Waals surface area (Å²) >= 11 is -1.92. The van der Waals surface area contributed by atoms with Gasteiger partial charge in [0.05, 0.1) is 4.90 Å². The van der Waals surface area contributed by atoms with Crippen LogP contribution in [0.4, 0.5) is 0 Å². The lowest BCUT2D eigenvalue weighted by Crippen LogP contribution is -1.95. The monoisotopic (exact) mass is 235 g/mol. The Morgan fingerprint density at radius 3 is 2.69 bits per heavy atom. The zero-order valence-corrected chi connectivity index (χ0v) is 9.75. The average Bonchev–Trinajstić information content (AvgIpc) is 2.69. The lowest BCUT2D eigenvalue weighted by atomic mass is 10.0. The third kappa shape index (κ3) is 2.23. The van der Waals surface area contributed by atoms with Crippen molar-refractivity contribution in [3.8, 4) is 0 Å². The molecule has 0 amide bonds. The van der Waals surface area contributed by atoms with E-state index >= 15 is 0 Å². The van der Waals surface area contributed by atoms with Gasteiger partial charge in [0.1, 0.15) is 0 Å². The molecule has 16 heavy (non-hydrogen) atoms. The first kappa shape index (κ1) is 11.1. The molecule has 0 aliphatic carbocycles. The van der Waals surface area contributed by atoms with E-state index in [1.165, 1.54) is 11.1 Å². The van der Waals surface area contributed by atoms with Gasteiger partial charge in [-0.05, 0) is 23.6 Å². The minimum atomic E-state index is -1.92. The second-order valence-corrected chi connectivity index (χ2v) is 4.64. The smallest absolute Gasteiger partial charge is 0.188 e. The van der Waals surface area contributed by atoms with Crippen molar-refractivity contribution in [2.45, 2.75) is 18.2 Å². The van der Waals surface area contributed by atoms with Crippen molar-refractivity contribution in [1.82, 2.24) is 4.98 Å². The molecule has 84 valence electrons. The number of hydrogen-bond acceptors (Lipinski definition) is 1. The molecule has 1 aromatic carbocycles. The summed E-state index contributed by atoms with van der Waals surface area (Å²) in [6.45, 7) is 2.04. The van der Waals surface area contributed by atoms with Gasteiger partial charge in [0.2, 0.25) is 0 Å². The minimum absolute atomic E-state index is 0.461. The number of nitrogens with one attached hydrogen (secondary N) is 1. The number of aryl methyl sites for hydroxylation is 1. The summed E-state index contributed by atoms with van der Waals surface area (Å²) in [4.78, 5) is 3.33. The lowest BCUT2D eigenvalue weighted by molar-refractivity contribution is 0.563. The van der Waals surface area contributed by atoms with Crippen LogP contribution in [0.3, 0.4) is 0 Å². The van der Waals surface area contributed by atoms with Gasteiger partial charge in [-0.25, -0.2) is 4.21 Å². The molecule has 0 aliphatic heterocycles. The highest BCUT2D eigenvalue weighted by atomic mass is 32.2. The summed E-state index contributed by atoms with van der Waals surface area (Å²) in [7, 11) is 0. The van der Waals surface area contributed by atoms with Crippen LogP contribution in [0.5, 0.6) is 0 Å². The summed E-state index contributed by atoms with van der Waals surface area (Å²) in [6, 6.07) is 8.04. The summed E-state index contributed by atoms with van der Waals surface area (Å²) in [5.74, 6) is 0. The van der Waals surface area contributed by atoms with Crippen LogP contribution in [0, 0.1) is 6.92 Å². The Bertz CT molecular complexity index is 519. The van der Waals surface area contributed by atoms with Gasteiger partial charge >= 0.3 is 0 Å². The van der Waals surface area contributed by atoms with E-state index in [1.54, 1.807) is 12.4 Å². The first-order valence-corrected chi connectivity index (χ1v) is 6.10. The van der Waals surface area contributed by atoms with Crippen LogP contribution in [0.15, 0.2) is 41.6 Å². The van der Waals surface area contributed by atoms with Gasteiger partial charge in [0.15, 0.2) is 11.1 Å². The quantitative estimate of drug-likeness (QED) is 0.803. The zero-order chi connectivity index (χ0) is 11.5. The second-order valence-electron chi connectivity index (χ2n) is 3.70. The van der Waals surface area contributed by atoms with E-state index in [1.807, 2.05) is 31.2 Å². The number of hydrogen-bond donors (Lipinski definition) is 2. The van der Waals surface area contributed by atoms with Crippen LogP contribution >= 0.6 is 0 Å². The molecule has 1 unspecified atom stereocenters. The molecule has 2 N–H and O–H groups in total. The zero-order valence-electron chi connectivity index (χ0n) is 8.93. The molecular formula is C12H13NO2S. The number of aromatic nitrogens is 1. The van der Waals surface area contributed by atoms with Crippen molar-refractivity contribution >= 4 is 11.1 Å². The molecule has 2 aromatic rings. The maximum atomic E-state index is 11.0. The van der Waals surface area contributed by atoms with Crippen molar-refractivity contribution < 1.29 is 8.76 Å². The first-order chi connectivity index (χ1) is 7.68. The maximum Gasteiger partial charge on any atom is 0.188 e. The lowest BCUT2D eigenvalue weighted by Gasteiger charge is -2.04. The molecule has 1 atom stereocenters. The van der Waals surface area contributed by atoms with Gasteiger partial charge in [-0.2, -0.15) is 0 Å². The van der Waals surface area contributed by atoms with E-state index in [9.17, 15) is 4.21 Å². The van der Waals surface area contributed by atoms with Crippen LogP contribution in [0.25, 0.3) is 0 Å². The fraction of sp³-hybridized carbons (Fsp3) is 0.167. The molecule has 0 radical (unpaired) electrons. The molecule has 1 heterocycles. The Labute approximate surface area is 96.8 Å². The molecule has 0 fully saturated rings. The number of aromatic amines is 1. The van der Waals surface area contributed by atoms with Crippen LogP contribution in [-0.2, 0) is 17.5 Å². The predicted molar refractivity (Wildman–Crippen MR) is 63.8 cm³/mol. The second kappa shape index (κ2) is 4.63. The van der Waals surface area contributed by atoms with Gasteiger partial charge in [0.25, 0.3) is 0 Å². The van der Waals surface area contributed by atoms with Crippen molar-refractivity contribution in [1.29, 1.82) is 0 Å². The van der Waals surface area contributed by atoms with Crippen LogP contribution in [0.2, 0.25) is 0 Å². The largest absolute Gasteiger partial charge is 0.366 e. The number of H-pyrrole nitrogens is 1.